The van der Waals surface area contributed by atoms with E-state index in [2.05, 4.69) is 100 Å². The quantitative estimate of drug-likeness (QED) is 0.0401. The standard InChI is InChI=1S/C45H86N2O2/c1-7-9-11-13-15-17-19-21-23-25-27-29-31-33-35-37-40-45(48,49-44(43-47(5)6)39-42-46(3)4)41-38-36-34-32-30-28-26-24-22-20-18-16-14-12-10-8-2/h15-18,21-24,44,48H,7-14,19-20,25-43H2,1-6H3/b17-15-,18-16-,23-21-,24-22-. The van der Waals surface area contributed by atoms with Crippen molar-refractivity contribution in [3.63, 3.8) is 0 Å². The van der Waals surface area contributed by atoms with Gasteiger partial charge in [-0.25, -0.2) is 0 Å². The van der Waals surface area contributed by atoms with Crippen molar-refractivity contribution >= 4 is 0 Å². The molecule has 0 aliphatic carbocycles. The number of likely N-dealkylation sites (N-methyl/N-ethyl adjacent to an activating group) is 1. The Morgan fingerprint density at radius 2 is 0.857 bits per heavy atom. The van der Waals surface area contributed by atoms with Crippen molar-refractivity contribution in [2.75, 3.05) is 41.3 Å². The molecule has 0 aliphatic heterocycles. The molecule has 0 aromatic rings. The third kappa shape index (κ3) is 36.4. The van der Waals surface area contributed by atoms with Crippen molar-refractivity contribution in [1.29, 1.82) is 0 Å². The number of hydrogen-bond acceptors (Lipinski definition) is 4. The Morgan fingerprint density at radius 3 is 1.22 bits per heavy atom. The topological polar surface area (TPSA) is 35.9 Å². The van der Waals surface area contributed by atoms with Crippen LogP contribution in [0.25, 0.3) is 0 Å². The van der Waals surface area contributed by atoms with E-state index < -0.39 is 5.79 Å². The Kier molecular flexibility index (Phi) is 35.7. The summed E-state index contributed by atoms with van der Waals surface area (Å²) in [6.45, 7) is 6.35. The average molecular weight is 687 g/mol. The van der Waals surface area contributed by atoms with Gasteiger partial charge in [-0.3, -0.25) is 0 Å². The zero-order valence-corrected chi connectivity index (χ0v) is 34.0. The van der Waals surface area contributed by atoms with Crippen molar-refractivity contribution in [3.8, 4) is 0 Å². The lowest BCUT2D eigenvalue weighted by atomic mass is 9.98. The molecule has 1 unspecified atom stereocenters. The number of nitrogens with zero attached hydrogens (tertiary/aromatic N) is 2. The Labute approximate surface area is 307 Å². The van der Waals surface area contributed by atoms with Crippen LogP contribution in [0.5, 0.6) is 0 Å². The fraction of sp³-hybridized carbons (Fsp3) is 0.822. The Bertz CT molecular complexity index is 737. The van der Waals surface area contributed by atoms with Crippen molar-refractivity contribution in [2.45, 2.75) is 199 Å². The zero-order valence-electron chi connectivity index (χ0n) is 34.0. The minimum atomic E-state index is -1.00. The summed E-state index contributed by atoms with van der Waals surface area (Å²) in [5.74, 6) is -1.00. The number of unbranched alkanes of at least 4 members (excludes halogenated alkanes) is 18. The highest BCUT2D eigenvalue weighted by atomic mass is 16.6. The van der Waals surface area contributed by atoms with Gasteiger partial charge in [0, 0.05) is 25.9 Å². The number of allylic oxidation sites excluding steroid dienone is 8. The molecule has 1 atom stereocenters. The maximum atomic E-state index is 11.8. The van der Waals surface area contributed by atoms with E-state index in [1.807, 2.05) is 0 Å². The lowest BCUT2D eigenvalue weighted by Crippen LogP contribution is -2.41. The largest absolute Gasteiger partial charge is 0.365 e. The molecule has 0 saturated heterocycles. The molecule has 0 aromatic heterocycles. The minimum absolute atomic E-state index is 0.0524. The highest BCUT2D eigenvalue weighted by Gasteiger charge is 2.30. The fourth-order valence-electron chi connectivity index (χ4n) is 6.33. The van der Waals surface area contributed by atoms with Crippen LogP contribution >= 0.6 is 0 Å². The van der Waals surface area contributed by atoms with Crippen LogP contribution in [0.3, 0.4) is 0 Å². The second-order valence-corrected chi connectivity index (χ2v) is 15.2. The smallest absolute Gasteiger partial charge is 0.165 e. The first-order valence-electron chi connectivity index (χ1n) is 21.1. The molecule has 0 radical (unpaired) electrons. The Hall–Kier alpha value is -1.20. The summed E-state index contributed by atoms with van der Waals surface area (Å²) in [4.78, 5) is 4.41. The van der Waals surface area contributed by atoms with Crippen molar-refractivity contribution < 1.29 is 9.84 Å². The SMILES string of the molecule is CCCCC/C=C\C/C=C\CCCCCCCCC(O)(CCCCCCCC/C=C\C/C=C\CCCCC)OC(CCN(C)C)CN(C)C. The van der Waals surface area contributed by atoms with Gasteiger partial charge < -0.3 is 19.6 Å². The Balaban J connectivity index is 4.41. The summed E-state index contributed by atoms with van der Waals surface area (Å²) in [7, 11) is 8.45. The molecule has 288 valence electrons. The molecule has 0 bridgehead atoms. The molecule has 4 nitrogen and oxygen atoms in total. The molecular formula is C45H86N2O2. The molecule has 49 heavy (non-hydrogen) atoms. The van der Waals surface area contributed by atoms with Crippen molar-refractivity contribution in [2.24, 2.45) is 0 Å². The third-order valence-electron chi connectivity index (χ3n) is 9.39. The second-order valence-electron chi connectivity index (χ2n) is 15.2. The molecule has 0 saturated carbocycles. The molecule has 0 amide bonds. The first-order chi connectivity index (χ1) is 23.8. The number of rotatable bonds is 37. The van der Waals surface area contributed by atoms with Crippen LogP contribution in [0.1, 0.15) is 187 Å². The highest BCUT2D eigenvalue weighted by molar-refractivity contribution is 4.93. The lowest BCUT2D eigenvalue weighted by Gasteiger charge is -2.35. The van der Waals surface area contributed by atoms with E-state index in [0.29, 0.717) is 0 Å². The van der Waals surface area contributed by atoms with Crippen LogP contribution in [0.15, 0.2) is 48.6 Å². The van der Waals surface area contributed by atoms with Crippen molar-refractivity contribution in [1.82, 2.24) is 9.80 Å². The first kappa shape index (κ1) is 47.8. The van der Waals surface area contributed by atoms with E-state index in [4.69, 9.17) is 4.74 Å². The van der Waals surface area contributed by atoms with Crippen LogP contribution in [0, 0.1) is 0 Å². The predicted molar refractivity (Wildman–Crippen MR) is 219 cm³/mol. The lowest BCUT2D eigenvalue weighted by molar-refractivity contribution is -0.242. The number of hydrogen-bond donors (Lipinski definition) is 1. The maximum absolute atomic E-state index is 11.8. The van der Waals surface area contributed by atoms with E-state index in [-0.39, 0.29) is 6.10 Å². The van der Waals surface area contributed by atoms with Gasteiger partial charge in [0.05, 0.1) is 6.10 Å². The van der Waals surface area contributed by atoms with Gasteiger partial charge in [0.2, 0.25) is 0 Å². The molecule has 1 N–H and O–H groups in total. The normalized spacial score (nSPS) is 13.6. The predicted octanol–water partition coefficient (Wildman–Crippen LogP) is 13.0. The second kappa shape index (κ2) is 36.6. The number of aliphatic hydroxyl groups is 1. The van der Waals surface area contributed by atoms with E-state index in [9.17, 15) is 5.11 Å². The summed E-state index contributed by atoms with van der Waals surface area (Å²) < 4.78 is 6.61. The summed E-state index contributed by atoms with van der Waals surface area (Å²) >= 11 is 0. The van der Waals surface area contributed by atoms with Gasteiger partial charge in [-0.05, 0) is 112 Å². The monoisotopic (exact) mass is 687 g/mol. The van der Waals surface area contributed by atoms with E-state index >= 15 is 0 Å². The van der Waals surface area contributed by atoms with Crippen LogP contribution in [-0.4, -0.2) is 68.1 Å². The molecule has 0 aliphatic rings. The molecule has 0 fully saturated rings. The minimum Gasteiger partial charge on any atom is -0.365 e. The average Bonchev–Trinajstić information content (AvgIpc) is 3.06. The van der Waals surface area contributed by atoms with E-state index in [1.54, 1.807) is 0 Å². The van der Waals surface area contributed by atoms with Gasteiger partial charge in [0.1, 0.15) is 0 Å². The van der Waals surface area contributed by atoms with Gasteiger partial charge >= 0.3 is 0 Å². The third-order valence-corrected chi connectivity index (χ3v) is 9.39. The van der Waals surface area contributed by atoms with Gasteiger partial charge in [0.15, 0.2) is 5.79 Å². The zero-order chi connectivity index (χ0) is 36.1. The van der Waals surface area contributed by atoms with Crippen LogP contribution in [-0.2, 0) is 4.74 Å². The molecule has 0 aromatic carbocycles. The molecule has 4 heteroatoms. The Morgan fingerprint density at radius 1 is 0.490 bits per heavy atom. The highest BCUT2D eigenvalue weighted by Crippen LogP contribution is 2.27. The van der Waals surface area contributed by atoms with Gasteiger partial charge in [-0.15, -0.1) is 0 Å². The fourth-order valence-corrected chi connectivity index (χ4v) is 6.33. The molecule has 0 spiro atoms. The van der Waals surface area contributed by atoms with Crippen LogP contribution < -0.4 is 0 Å². The maximum Gasteiger partial charge on any atom is 0.165 e. The summed E-state index contributed by atoms with van der Waals surface area (Å²) in [6.07, 6.45) is 50.9. The van der Waals surface area contributed by atoms with Crippen LogP contribution in [0.2, 0.25) is 0 Å². The van der Waals surface area contributed by atoms with E-state index in [0.717, 1.165) is 58.0 Å². The summed E-state index contributed by atoms with van der Waals surface area (Å²) in [6, 6.07) is 0. The summed E-state index contributed by atoms with van der Waals surface area (Å²) in [5, 5.41) is 11.8. The van der Waals surface area contributed by atoms with Crippen molar-refractivity contribution in [3.05, 3.63) is 48.6 Å². The van der Waals surface area contributed by atoms with E-state index in [1.165, 1.54) is 128 Å². The summed E-state index contributed by atoms with van der Waals surface area (Å²) in [5.41, 5.74) is 0. The molecule has 0 heterocycles. The molecular weight excluding hydrogens is 601 g/mol. The molecule has 0 rings (SSSR count). The number of ether oxygens (including phenoxy) is 1. The van der Waals surface area contributed by atoms with Gasteiger partial charge in [0.25, 0.3) is 0 Å². The van der Waals surface area contributed by atoms with Gasteiger partial charge in [-0.1, -0.05) is 140 Å². The first-order valence-corrected chi connectivity index (χ1v) is 21.1. The van der Waals surface area contributed by atoms with Gasteiger partial charge in [-0.2, -0.15) is 0 Å². The van der Waals surface area contributed by atoms with Crippen LogP contribution in [0.4, 0.5) is 0 Å².